The Morgan fingerprint density at radius 2 is 1.74 bits per heavy atom. The summed E-state index contributed by atoms with van der Waals surface area (Å²) in [6, 6.07) is 21.4. The largest absolute Gasteiger partial charge is 0.508 e. The maximum absolute atomic E-state index is 12.8. The van der Waals surface area contributed by atoms with Crippen LogP contribution in [-0.4, -0.2) is 45.3 Å². The van der Waals surface area contributed by atoms with Crippen molar-refractivity contribution in [2.75, 3.05) is 13.1 Å². The van der Waals surface area contributed by atoms with Gasteiger partial charge in [-0.05, 0) is 59.7 Å². The summed E-state index contributed by atoms with van der Waals surface area (Å²) in [7, 11) is 0. The highest BCUT2D eigenvalue weighted by Crippen LogP contribution is 2.23. The molecule has 1 aliphatic heterocycles. The van der Waals surface area contributed by atoms with Gasteiger partial charge in [0.25, 0.3) is 0 Å². The van der Waals surface area contributed by atoms with Gasteiger partial charge in [0.1, 0.15) is 5.75 Å². The first kappa shape index (κ1) is 24.9. The lowest BCUT2D eigenvalue weighted by atomic mass is 9.99. The van der Waals surface area contributed by atoms with Gasteiger partial charge in [0.15, 0.2) is 0 Å². The van der Waals surface area contributed by atoms with Gasteiger partial charge < -0.3 is 25.5 Å². The molecular formula is C29H34N2O4. The van der Waals surface area contributed by atoms with Crippen molar-refractivity contribution >= 4 is 5.91 Å². The van der Waals surface area contributed by atoms with Crippen LogP contribution in [0.5, 0.6) is 5.75 Å². The van der Waals surface area contributed by atoms with Crippen LogP contribution < -0.4 is 5.32 Å². The Hall–Kier alpha value is -3.19. The fraction of sp³-hybridized carbons (Fsp3) is 0.345. The lowest BCUT2D eigenvalue weighted by molar-refractivity contribution is -0.131. The van der Waals surface area contributed by atoms with E-state index < -0.39 is 6.10 Å². The average molecular weight is 475 g/mol. The third-order valence-electron chi connectivity index (χ3n) is 6.72. The van der Waals surface area contributed by atoms with Crippen LogP contribution in [0.1, 0.15) is 46.4 Å². The predicted molar refractivity (Wildman–Crippen MR) is 136 cm³/mol. The van der Waals surface area contributed by atoms with Crippen molar-refractivity contribution in [1.29, 1.82) is 0 Å². The second-order valence-electron chi connectivity index (χ2n) is 9.40. The number of amides is 1. The zero-order chi connectivity index (χ0) is 24.8. The van der Waals surface area contributed by atoms with Crippen molar-refractivity contribution in [3.05, 3.63) is 100 Å². The van der Waals surface area contributed by atoms with E-state index in [1.807, 2.05) is 23.1 Å². The number of hydrogen-bond donors (Lipinski definition) is 4. The Morgan fingerprint density at radius 1 is 1.03 bits per heavy atom. The minimum Gasteiger partial charge on any atom is -0.508 e. The van der Waals surface area contributed by atoms with E-state index in [9.17, 15) is 20.1 Å². The second-order valence-corrected chi connectivity index (χ2v) is 9.40. The smallest absolute Gasteiger partial charge is 0.227 e. The van der Waals surface area contributed by atoms with Crippen LogP contribution in [0.25, 0.3) is 0 Å². The van der Waals surface area contributed by atoms with Crippen molar-refractivity contribution < 1.29 is 20.1 Å². The van der Waals surface area contributed by atoms with Crippen LogP contribution in [0.15, 0.2) is 66.7 Å². The van der Waals surface area contributed by atoms with Crippen LogP contribution in [0.4, 0.5) is 0 Å². The number of carbonyl (C=O) groups excluding carboxylic acids is 1. The Bertz CT molecular complexity index is 1150. The first-order valence-electron chi connectivity index (χ1n) is 12.2. The summed E-state index contributed by atoms with van der Waals surface area (Å²) in [5, 5.41) is 32.8. The first-order valence-corrected chi connectivity index (χ1v) is 12.2. The zero-order valence-corrected chi connectivity index (χ0v) is 20.2. The lowest BCUT2D eigenvalue weighted by Crippen LogP contribution is -2.36. The molecular weight excluding hydrogens is 440 g/mol. The lowest BCUT2D eigenvalue weighted by Gasteiger charge is -2.29. The molecule has 4 N–H and O–H groups in total. The van der Waals surface area contributed by atoms with E-state index in [0.717, 1.165) is 30.5 Å². The molecule has 6 nitrogen and oxygen atoms in total. The van der Waals surface area contributed by atoms with Crippen LogP contribution in [-0.2, 0) is 37.2 Å². The molecule has 0 saturated heterocycles. The molecule has 0 bridgehead atoms. The van der Waals surface area contributed by atoms with E-state index in [4.69, 9.17) is 0 Å². The molecule has 0 radical (unpaired) electrons. The minimum absolute atomic E-state index is 0.0242. The van der Waals surface area contributed by atoms with E-state index in [2.05, 4.69) is 42.6 Å². The molecule has 6 heteroatoms. The number of aromatic hydroxyl groups is 1. The summed E-state index contributed by atoms with van der Waals surface area (Å²) in [4.78, 5) is 14.8. The number of nitrogens with one attached hydrogen (secondary N) is 1. The van der Waals surface area contributed by atoms with Crippen molar-refractivity contribution in [2.24, 2.45) is 0 Å². The van der Waals surface area contributed by atoms with Gasteiger partial charge in [0.05, 0.1) is 19.1 Å². The molecule has 4 rings (SSSR count). The van der Waals surface area contributed by atoms with Gasteiger partial charge in [-0.15, -0.1) is 0 Å². The topological polar surface area (TPSA) is 93.0 Å². The predicted octanol–water partition coefficient (Wildman–Crippen LogP) is 3.27. The van der Waals surface area contributed by atoms with Gasteiger partial charge in [-0.25, -0.2) is 0 Å². The van der Waals surface area contributed by atoms with E-state index in [0.29, 0.717) is 30.6 Å². The Labute approximate surface area is 206 Å². The molecule has 1 aliphatic rings. The zero-order valence-electron chi connectivity index (χ0n) is 20.2. The van der Waals surface area contributed by atoms with Crippen LogP contribution in [0.2, 0.25) is 0 Å². The monoisotopic (exact) mass is 474 g/mol. The van der Waals surface area contributed by atoms with Crippen molar-refractivity contribution in [1.82, 2.24) is 10.2 Å². The maximum Gasteiger partial charge on any atom is 0.227 e. The number of aliphatic hydroxyl groups is 2. The van der Waals surface area contributed by atoms with Gasteiger partial charge in [-0.1, -0.05) is 54.6 Å². The second kappa shape index (κ2) is 11.5. The summed E-state index contributed by atoms with van der Waals surface area (Å²) in [5.74, 6) is 0.186. The quantitative estimate of drug-likeness (QED) is 0.382. The Kier molecular flexibility index (Phi) is 8.18. The molecule has 0 saturated carbocycles. The van der Waals surface area contributed by atoms with E-state index in [-0.39, 0.29) is 24.3 Å². The summed E-state index contributed by atoms with van der Waals surface area (Å²) < 4.78 is 0. The van der Waals surface area contributed by atoms with Crippen molar-refractivity contribution in [3.8, 4) is 5.75 Å². The molecule has 1 amide bonds. The highest BCUT2D eigenvalue weighted by Gasteiger charge is 2.20. The standard InChI is InChI=1S/C29H34N2O4/c1-20(30-17-28(34)24-10-11-27(33)26(16-24)19-32)14-21-6-8-22(9-7-21)15-29(35)31-13-12-23-4-2-3-5-25(23)18-31/h2-11,16,20,28,30,32-34H,12-15,17-19H2,1H3/t20?,28-/m0/s1. The SMILES string of the molecule is CC(Cc1ccc(CC(=O)N2CCc3ccccc3C2)cc1)NC[C@H](O)c1ccc(O)c(CO)c1. The number of phenols is 1. The number of benzene rings is 3. The average Bonchev–Trinajstić information content (AvgIpc) is 2.88. The number of aliphatic hydroxyl groups excluding tert-OH is 2. The molecule has 2 atom stereocenters. The Balaban J connectivity index is 1.25. The van der Waals surface area contributed by atoms with Crippen LogP contribution in [0, 0.1) is 0 Å². The van der Waals surface area contributed by atoms with Crippen molar-refractivity contribution in [2.45, 2.75) is 51.5 Å². The van der Waals surface area contributed by atoms with E-state index in [1.54, 1.807) is 12.1 Å². The maximum atomic E-state index is 12.8. The Morgan fingerprint density at radius 3 is 2.49 bits per heavy atom. The fourth-order valence-corrected chi connectivity index (χ4v) is 4.58. The number of carbonyl (C=O) groups is 1. The highest BCUT2D eigenvalue weighted by atomic mass is 16.3. The van der Waals surface area contributed by atoms with Gasteiger partial charge in [-0.2, -0.15) is 0 Å². The van der Waals surface area contributed by atoms with E-state index >= 15 is 0 Å². The fourth-order valence-electron chi connectivity index (χ4n) is 4.58. The first-order chi connectivity index (χ1) is 16.9. The van der Waals surface area contributed by atoms with Gasteiger partial charge in [0.2, 0.25) is 5.91 Å². The molecule has 0 aliphatic carbocycles. The summed E-state index contributed by atoms with van der Waals surface area (Å²) in [5.41, 5.74) is 5.81. The molecule has 3 aromatic carbocycles. The third-order valence-corrected chi connectivity index (χ3v) is 6.72. The molecule has 0 spiro atoms. The molecule has 35 heavy (non-hydrogen) atoms. The summed E-state index contributed by atoms with van der Waals surface area (Å²) >= 11 is 0. The van der Waals surface area contributed by atoms with Crippen LogP contribution >= 0.6 is 0 Å². The van der Waals surface area contributed by atoms with Gasteiger partial charge in [0, 0.05) is 31.2 Å². The molecule has 0 aromatic heterocycles. The minimum atomic E-state index is -0.738. The number of fused-ring (bicyclic) bond motifs is 1. The summed E-state index contributed by atoms with van der Waals surface area (Å²) in [6.07, 6.45) is 1.38. The third kappa shape index (κ3) is 6.48. The molecule has 1 unspecified atom stereocenters. The number of hydrogen-bond acceptors (Lipinski definition) is 5. The van der Waals surface area contributed by atoms with E-state index in [1.165, 1.54) is 17.2 Å². The number of nitrogens with zero attached hydrogens (tertiary/aromatic N) is 1. The van der Waals surface area contributed by atoms with Crippen LogP contribution in [0.3, 0.4) is 0 Å². The summed E-state index contributed by atoms with van der Waals surface area (Å²) in [6.45, 7) is 3.61. The molecule has 0 fully saturated rings. The van der Waals surface area contributed by atoms with Gasteiger partial charge >= 0.3 is 0 Å². The molecule has 3 aromatic rings. The molecule has 1 heterocycles. The van der Waals surface area contributed by atoms with Crippen molar-refractivity contribution in [3.63, 3.8) is 0 Å². The molecule has 184 valence electrons. The number of rotatable bonds is 9. The highest BCUT2D eigenvalue weighted by molar-refractivity contribution is 5.79. The van der Waals surface area contributed by atoms with Gasteiger partial charge in [-0.3, -0.25) is 4.79 Å². The normalized spacial score (nSPS) is 14.9.